The highest BCUT2D eigenvalue weighted by molar-refractivity contribution is 9.10. The van der Waals surface area contributed by atoms with Crippen LogP contribution in [0.15, 0.2) is 34.8 Å². The van der Waals surface area contributed by atoms with Gasteiger partial charge in [0.05, 0.1) is 6.61 Å². The fraction of sp³-hybridized carbons (Fsp3) is 0.273. The monoisotopic (exact) mass is 272 g/mol. The summed E-state index contributed by atoms with van der Waals surface area (Å²) in [6, 6.07) is 9.97. The zero-order valence-corrected chi connectivity index (χ0v) is 10.3. The lowest BCUT2D eigenvalue weighted by Gasteiger charge is -1.93. The van der Waals surface area contributed by atoms with E-state index in [4.69, 9.17) is 0 Å². The molecule has 0 spiro atoms. The van der Waals surface area contributed by atoms with Crippen molar-refractivity contribution in [2.24, 2.45) is 0 Å². The Labute approximate surface area is 97.6 Å². The summed E-state index contributed by atoms with van der Waals surface area (Å²) in [5.41, 5.74) is 0. The van der Waals surface area contributed by atoms with Gasteiger partial charge in [0.2, 0.25) is 5.78 Å². The third-order valence-electron chi connectivity index (χ3n) is 1.30. The summed E-state index contributed by atoms with van der Waals surface area (Å²) >= 11 is 3.31. The first kappa shape index (κ1) is 13.8. The predicted molar refractivity (Wildman–Crippen MR) is 61.5 cm³/mol. The van der Waals surface area contributed by atoms with Gasteiger partial charge in [-0.1, -0.05) is 34.1 Å². The minimum atomic E-state index is -0.757. The van der Waals surface area contributed by atoms with Crippen molar-refractivity contribution in [2.75, 3.05) is 6.61 Å². The number of carbonyl (C=O) groups is 2. The second-order valence-electron chi connectivity index (χ2n) is 2.57. The van der Waals surface area contributed by atoms with Gasteiger partial charge in [0, 0.05) is 11.4 Å². The van der Waals surface area contributed by atoms with Crippen LogP contribution in [0.3, 0.4) is 0 Å². The van der Waals surface area contributed by atoms with Crippen LogP contribution in [0, 0.1) is 0 Å². The fourth-order valence-electron chi connectivity index (χ4n) is 0.647. The molecule has 0 aliphatic carbocycles. The Balaban J connectivity index is 0.000000262. The molecule has 0 fully saturated rings. The Morgan fingerprint density at radius 3 is 2.00 bits per heavy atom. The summed E-state index contributed by atoms with van der Waals surface area (Å²) in [4.78, 5) is 20.2. The van der Waals surface area contributed by atoms with Crippen molar-refractivity contribution < 1.29 is 14.3 Å². The molecule has 0 saturated heterocycles. The molecule has 0 N–H and O–H groups in total. The van der Waals surface area contributed by atoms with Crippen LogP contribution < -0.4 is 0 Å². The molecule has 82 valence electrons. The smallest absolute Gasteiger partial charge is 0.374 e. The molecule has 4 heteroatoms. The Hall–Kier alpha value is -1.16. The maximum Gasteiger partial charge on any atom is 0.374 e. The molecule has 0 amide bonds. The van der Waals surface area contributed by atoms with Crippen LogP contribution in [0.2, 0.25) is 0 Å². The van der Waals surface area contributed by atoms with E-state index in [0.717, 1.165) is 4.47 Å². The molecular weight excluding hydrogens is 260 g/mol. The Morgan fingerprint density at radius 1 is 1.27 bits per heavy atom. The molecule has 0 heterocycles. The molecule has 0 aromatic heterocycles. The summed E-state index contributed by atoms with van der Waals surface area (Å²) in [6.07, 6.45) is 0. The van der Waals surface area contributed by atoms with Crippen molar-refractivity contribution in [1.82, 2.24) is 0 Å². The van der Waals surface area contributed by atoms with Gasteiger partial charge in [-0.2, -0.15) is 0 Å². The van der Waals surface area contributed by atoms with Crippen molar-refractivity contribution >= 4 is 27.7 Å². The Kier molecular flexibility index (Phi) is 7.54. The molecule has 15 heavy (non-hydrogen) atoms. The van der Waals surface area contributed by atoms with Crippen molar-refractivity contribution in [2.45, 2.75) is 13.8 Å². The largest absolute Gasteiger partial charge is 0.460 e. The van der Waals surface area contributed by atoms with Crippen LogP contribution in [-0.4, -0.2) is 18.4 Å². The third-order valence-corrected chi connectivity index (χ3v) is 1.82. The molecule has 1 aromatic rings. The number of hydrogen-bond donors (Lipinski definition) is 0. The average Bonchev–Trinajstić information content (AvgIpc) is 2.20. The zero-order chi connectivity index (χ0) is 11.7. The lowest BCUT2D eigenvalue weighted by molar-refractivity contribution is -0.152. The molecular formula is C11H13BrO3. The normalized spacial score (nSPS) is 8.47. The van der Waals surface area contributed by atoms with E-state index >= 15 is 0 Å². The Bertz CT molecular complexity index is 309. The van der Waals surface area contributed by atoms with Crippen molar-refractivity contribution in [3.63, 3.8) is 0 Å². The number of Topliss-reactive ketones (excluding diaryl/α,β-unsaturated/α-hetero) is 1. The number of halogens is 1. The van der Waals surface area contributed by atoms with Gasteiger partial charge in [-0.05, 0) is 19.1 Å². The number of benzene rings is 1. The fourth-order valence-corrected chi connectivity index (χ4v) is 0.953. The van der Waals surface area contributed by atoms with Crippen LogP contribution in [0.25, 0.3) is 0 Å². The molecule has 0 unspecified atom stereocenters. The summed E-state index contributed by atoms with van der Waals surface area (Å²) in [7, 11) is 0. The SMILES string of the molecule is Brc1ccccc1.CCOC(=O)C(C)=O. The van der Waals surface area contributed by atoms with E-state index in [-0.39, 0.29) is 6.61 Å². The molecule has 0 radical (unpaired) electrons. The Morgan fingerprint density at radius 2 is 1.80 bits per heavy atom. The summed E-state index contributed by atoms with van der Waals surface area (Å²) in [5, 5.41) is 0. The van der Waals surface area contributed by atoms with E-state index in [0.29, 0.717) is 0 Å². The summed E-state index contributed by atoms with van der Waals surface area (Å²) in [6.45, 7) is 3.09. The molecule has 1 rings (SSSR count). The van der Waals surface area contributed by atoms with Gasteiger partial charge < -0.3 is 4.74 Å². The number of carbonyl (C=O) groups excluding carboxylic acids is 2. The quantitative estimate of drug-likeness (QED) is 0.614. The third kappa shape index (κ3) is 7.88. The second-order valence-corrected chi connectivity index (χ2v) is 3.49. The first-order chi connectivity index (χ1) is 7.07. The number of ether oxygens (including phenoxy) is 1. The molecule has 0 bridgehead atoms. The molecule has 0 aliphatic heterocycles. The first-order valence-electron chi connectivity index (χ1n) is 4.46. The van der Waals surface area contributed by atoms with Crippen LogP contribution in [-0.2, 0) is 14.3 Å². The molecule has 0 atom stereocenters. The van der Waals surface area contributed by atoms with Crippen LogP contribution in [0.1, 0.15) is 13.8 Å². The van der Waals surface area contributed by atoms with Gasteiger partial charge in [-0.25, -0.2) is 4.79 Å². The van der Waals surface area contributed by atoms with Crippen molar-refractivity contribution in [3.8, 4) is 0 Å². The number of esters is 1. The molecule has 0 saturated carbocycles. The van der Waals surface area contributed by atoms with Crippen molar-refractivity contribution in [1.29, 1.82) is 0 Å². The lowest BCUT2D eigenvalue weighted by Crippen LogP contribution is -2.12. The van der Waals surface area contributed by atoms with Gasteiger partial charge in [0.25, 0.3) is 0 Å². The maximum absolute atomic E-state index is 10.2. The minimum Gasteiger partial charge on any atom is -0.460 e. The lowest BCUT2D eigenvalue weighted by atomic mass is 10.4. The van der Waals surface area contributed by atoms with E-state index < -0.39 is 11.8 Å². The highest BCUT2D eigenvalue weighted by Crippen LogP contribution is 2.05. The second kappa shape index (κ2) is 8.17. The van der Waals surface area contributed by atoms with Gasteiger partial charge >= 0.3 is 5.97 Å². The number of ketones is 1. The van der Waals surface area contributed by atoms with Gasteiger partial charge in [-0.15, -0.1) is 0 Å². The summed E-state index contributed by atoms with van der Waals surface area (Å²) < 4.78 is 5.45. The van der Waals surface area contributed by atoms with E-state index in [1.807, 2.05) is 30.3 Å². The van der Waals surface area contributed by atoms with Crippen LogP contribution in [0.4, 0.5) is 0 Å². The number of rotatable bonds is 2. The summed E-state index contributed by atoms with van der Waals surface area (Å²) in [5.74, 6) is -1.31. The average molecular weight is 273 g/mol. The van der Waals surface area contributed by atoms with E-state index in [2.05, 4.69) is 20.7 Å². The van der Waals surface area contributed by atoms with Crippen LogP contribution >= 0.6 is 15.9 Å². The number of hydrogen-bond acceptors (Lipinski definition) is 3. The van der Waals surface area contributed by atoms with E-state index in [1.165, 1.54) is 6.92 Å². The maximum atomic E-state index is 10.2. The molecule has 1 aromatic carbocycles. The zero-order valence-electron chi connectivity index (χ0n) is 8.70. The van der Waals surface area contributed by atoms with E-state index in [9.17, 15) is 9.59 Å². The van der Waals surface area contributed by atoms with Gasteiger partial charge in [0.15, 0.2) is 0 Å². The molecule has 0 aliphatic rings. The predicted octanol–water partition coefficient (Wildman–Crippen LogP) is 2.59. The minimum absolute atomic E-state index is 0.262. The topological polar surface area (TPSA) is 43.4 Å². The highest BCUT2D eigenvalue weighted by atomic mass is 79.9. The molecule has 3 nitrogen and oxygen atoms in total. The van der Waals surface area contributed by atoms with E-state index in [1.54, 1.807) is 6.92 Å². The first-order valence-corrected chi connectivity index (χ1v) is 5.25. The van der Waals surface area contributed by atoms with Crippen molar-refractivity contribution in [3.05, 3.63) is 34.8 Å². The standard InChI is InChI=1S/C6H5Br.C5H8O3/c7-6-4-2-1-3-5-6;1-3-8-5(7)4(2)6/h1-5H;3H2,1-2H3. The van der Waals surface area contributed by atoms with Crippen LogP contribution in [0.5, 0.6) is 0 Å². The van der Waals surface area contributed by atoms with Gasteiger partial charge in [-0.3, -0.25) is 4.79 Å². The highest BCUT2D eigenvalue weighted by Gasteiger charge is 2.05. The van der Waals surface area contributed by atoms with Gasteiger partial charge in [0.1, 0.15) is 0 Å².